The topological polar surface area (TPSA) is 60.1 Å². The van der Waals surface area contributed by atoms with Gasteiger partial charge in [0, 0.05) is 63.4 Å². The molecule has 0 amide bonds. The van der Waals surface area contributed by atoms with E-state index in [1.54, 1.807) is 0 Å². The summed E-state index contributed by atoms with van der Waals surface area (Å²) in [6.45, 7) is 6.55. The van der Waals surface area contributed by atoms with Crippen LogP contribution in [0.1, 0.15) is 51.4 Å². The third-order valence-corrected chi connectivity index (χ3v) is 5.89. The Kier molecular flexibility index (Phi) is 16.3. The number of rotatable bonds is 0. The first-order valence-corrected chi connectivity index (χ1v) is 10.1. The molecular formula is C18H37Cl2MnN5. The van der Waals surface area contributed by atoms with Crippen LogP contribution in [0.3, 0.4) is 0 Å². The molecule has 0 spiro atoms. The van der Waals surface area contributed by atoms with Gasteiger partial charge in [-0.3, -0.25) is 0 Å². The summed E-state index contributed by atoms with van der Waals surface area (Å²) in [6.07, 6.45) is 10.9. The summed E-state index contributed by atoms with van der Waals surface area (Å²) in [6, 6.07) is 2.65. The first-order chi connectivity index (χ1) is 11.4. The van der Waals surface area contributed by atoms with E-state index in [0.717, 1.165) is 39.3 Å². The molecule has 1 radical (unpaired) electrons. The van der Waals surface area contributed by atoms with Crippen LogP contribution in [0.2, 0.25) is 0 Å². The second kappa shape index (κ2) is 15.8. The predicted octanol–water partition coefficient (Wildman–Crippen LogP) is -5.42. The van der Waals surface area contributed by atoms with E-state index in [2.05, 4.69) is 26.6 Å². The number of halogens is 2. The first-order valence-electron chi connectivity index (χ1n) is 10.1. The predicted molar refractivity (Wildman–Crippen MR) is 97.0 cm³/mol. The maximum atomic E-state index is 3.82. The summed E-state index contributed by atoms with van der Waals surface area (Å²) in [4.78, 5) is 0. The van der Waals surface area contributed by atoms with E-state index < -0.39 is 0 Å². The molecule has 1 saturated heterocycles. The van der Waals surface area contributed by atoms with E-state index in [9.17, 15) is 0 Å². The smallest absolute Gasteiger partial charge is 1.00 e. The molecular weight excluding hydrogens is 412 g/mol. The average molecular weight is 449 g/mol. The molecule has 5 nitrogen and oxygen atoms in total. The van der Waals surface area contributed by atoms with E-state index >= 15 is 0 Å². The van der Waals surface area contributed by atoms with Crippen LogP contribution < -0.4 is 51.4 Å². The van der Waals surface area contributed by atoms with Gasteiger partial charge in [0.05, 0.1) is 0 Å². The van der Waals surface area contributed by atoms with Crippen molar-refractivity contribution in [2.24, 2.45) is 0 Å². The van der Waals surface area contributed by atoms with Crippen LogP contribution in [0.5, 0.6) is 0 Å². The van der Waals surface area contributed by atoms with Crippen LogP contribution >= 0.6 is 0 Å². The van der Waals surface area contributed by atoms with Gasteiger partial charge in [0.1, 0.15) is 0 Å². The van der Waals surface area contributed by atoms with Gasteiger partial charge in [-0.25, -0.2) is 0 Å². The molecule has 2 unspecified atom stereocenters. The van der Waals surface area contributed by atoms with Crippen molar-refractivity contribution in [1.82, 2.24) is 26.6 Å². The van der Waals surface area contributed by atoms with Crippen molar-refractivity contribution in [2.45, 2.75) is 75.5 Å². The summed E-state index contributed by atoms with van der Waals surface area (Å²) in [5.41, 5.74) is 0. The fourth-order valence-corrected chi connectivity index (χ4v) is 4.57. The average Bonchev–Trinajstić information content (AvgIpc) is 2.60. The summed E-state index contributed by atoms with van der Waals surface area (Å²) in [5, 5.41) is 18.8. The molecule has 4 atom stereocenters. The number of fused-ring (bicyclic) bond motifs is 2. The van der Waals surface area contributed by atoms with Crippen LogP contribution in [0.4, 0.5) is 0 Å². The molecule has 0 aromatic rings. The van der Waals surface area contributed by atoms with Crippen LogP contribution in [0.15, 0.2) is 0 Å². The molecule has 3 fully saturated rings. The summed E-state index contributed by atoms with van der Waals surface area (Å²) in [5.74, 6) is 0. The quantitative estimate of drug-likeness (QED) is 0.239. The Morgan fingerprint density at radius 1 is 0.423 bits per heavy atom. The zero-order valence-corrected chi connectivity index (χ0v) is 18.5. The minimum atomic E-state index is 0. The van der Waals surface area contributed by atoms with Crippen molar-refractivity contribution >= 4 is 0 Å². The summed E-state index contributed by atoms with van der Waals surface area (Å²) >= 11 is 0. The Labute approximate surface area is 183 Å². The second-order valence-electron chi connectivity index (χ2n) is 7.56. The second-order valence-corrected chi connectivity index (χ2v) is 7.56. The van der Waals surface area contributed by atoms with E-state index in [1.165, 1.54) is 51.4 Å². The van der Waals surface area contributed by atoms with Crippen molar-refractivity contribution in [3.63, 3.8) is 0 Å². The number of hydrogen-bond donors (Lipinski definition) is 5. The first kappa shape index (κ1) is 26.9. The van der Waals surface area contributed by atoms with Crippen molar-refractivity contribution < 1.29 is 41.9 Å². The third-order valence-electron chi connectivity index (χ3n) is 5.89. The Bertz CT molecular complexity index is 311. The van der Waals surface area contributed by atoms with Gasteiger partial charge in [0.15, 0.2) is 0 Å². The Hall–Kier alpha value is 0.899. The molecule has 0 aromatic heterocycles. The standard InChI is InChI=1S/C18H37N5.2ClH.Mn/c1-3-7-17-15(5-1)20-11-9-19-10-12-21-16-6-2-4-8-18(16)23-14-13-22-17;;;/h15-23H,1-14H2;2*1H;/q;;;+2/p-2/t15-,16?,17-,18?;;;/m1.../s1. The molecule has 2 aliphatic carbocycles. The van der Waals surface area contributed by atoms with Gasteiger partial charge in [-0.15, -0.1) is 0 Å². The van der Waals surface area contributed by atoms with Crippen molar-refractivity contribution in [3.05, 3.63) is 0 Å². The largest absolute Gasteiger partial charge is 2.00 e. The molecule has 1 heterocycles. The molecule has 1 aliphatic heterocycles. The van der Waals surface area contributed by atoms with Crippen LogP contribution in [0.25, 0.3) is 0 Å². The minimum absolute atomic E-state index is 0. The van der Waals surface area contributed by atoms with Gasteiger partial charge in [-0.1, -0.05) is 25.7 Å². The zero-order chi connectivity index (χ0) is 15.7. The summed E-state index contributed by atoms with van der Waals surface area (Å²) in [7, 11) is 0. The number of nitrogens with one attached hydrogen (secondary N) is 5. The molecule has 8 heteroatoms. The Morgan fingerprint density at radius 3 is 1.00 bits per heavy atom. The van der Waals surface area contributed by atoms with Crippen molar-refractivity contribution in [2.75, 3.05) is 39.3 Å². The summed E-state index contributed by atoms with van der Waals surface area (Å²) < 4.78 is 0. The fraction of sp³-hybridized carbons (Fsp3) is 1.00. The molecule has 5 N–H and O–H groups in total. The molecule has 0 aromatic carbocycles. The fourth-order valence-electron chi connectivity index (χ4n) is 4.57. The maximum Gasteiger partial charge on any atom is 2.00 e. The van der Waals surface area contributed by atoms with Gasteiger partial charge in [0.25, 0.3) is 0 Å². The normalized spacial score (nSPS) is 34.2. The Balaban J connectivity index is 0.00000208. The monoisotopic (exact) mass is 448 g/mol. The van der Waals surface area contributed by atoms with E-state index in [-0.39, 0.29) is 41.9 Å². The van der Waals surface area contributed by atoms with Gasteiger partial charge in [-0.2, -0.15) is 0 Å². The molecule has 26 heavy (non-hydrogen) atoms. The van der Waals surface area contributed by atoms with Gasteiger partial charge in [0.2, 0.25) is 0 Å². The molecule has 2 saturated carbocycles. The molecule has 3 aliphatic rings. The van der Waals surface area contributed by atoms with Crippen LogP contribution in [-0.2, 0) is 17.1 Å². The van der Waals surface area contributed by atoms with Crippen LogP contribution in [-0.4, -0.2) is 63.4 Å². The van der Waals surface area contributed by atoms with Gasteiger partial charge >= 0.3 is 17.1 Å². The van der Waals surface area contributed by atoms with Gasteiger partial charge < -0.3 is 51.4 Å². The Morgan fingerprint density at radius 2 is 0.692 bits per heavy atom. The third kappa shape index (κ3) is 8.93. The molecule has 0 bridgehead atoms. The van der Waals surface area contributed by atoms with Crippen LogP contribution in [0, 0.1) is 0 Å². The van der Waals surface area contributed by atoms with Crippen molar-refractivity contribution in [3.8, 4) is 0 Å². The zero-order valence-electron chi connectivity index (χ0n) is 15.8. The van der Waals surface area contributed by atoms with E-state index in [1.807, 2.05) is 0 Å². The number of hydrogen-bond acceptors (Lipinski definition) is 5. The van der Waals surface area contributed by atoms with Crippen molar-refractivity contribution in [1.29, 1.82) is 0 Å². The van der Waals surface area contributed by atoms with E-state index in [0.29, 0.717) is 24.2 Å². The maximum absolute atomic E-state index is 3.82. The molecule has 155 valence electrons. The molecule has 3 rings (SSSR count). The SMILES string of the molecule is C1CCC2NCCN[C@@H]3CCCC[C@H]3NCCNCCNC2C1.[Cl-].[Cl-].[Mn+2]. The van der Waals surface area contributed by atoms with Gasteiger partial charge in [-0.05, 0) is 25.7 Å². The minimum Gasteiger partial charge on any atom is -1.00 e. The van der Waals surface area contributed by atoms with E-state index in [4.69, 9.17) is 0 Å².